The fourth-order valence-electron chi connectivity index (χ4n) is 5.29. The minimum atomic E-state index is -0.444. The van der Waals surface area contributed by atoms with Crippen molar-refractivity contribution in [1.82, 2.24) is 10.2 Å². The second-order valence-corrected chi connectivity index (χ2v) is 8.12. The van der Waals surface area contributed by atoms with Crippen LogP contribution >= 0.6 is 12.4 Å². The number of likely N-dealkylation sites (tertiary alicyclic amines) is 1. The molecule has 3 aliphatic heterocycles. The van der Waals surface area contributed by atoms with Gasteiger partial charge in [-0.25, -0.2) is 4.79 Å². The third-order valence-electron chi connectivity index (χ3n) is 6.84. The van der Waals surface area contributed by atoms with Crippen LogP contribution in [-0.2, 0) is 0 Å². The van der Waals surface area contributed by atoms with Crippen LogP contribution in [0.2, 0.25) is 0 Å². The van der Waals surface area contributed by atoms with Gasteiger partial charge in [-0.1, -0.05) is 6.42 Å². The number of rotatable bonds is 2. The summed E-state index contributed by atoms with van der Waals surface area (Å²) in [5, 5.41) is 3.67. The Morgan fingerprint density at radius 3 is 2.32 bits per heavy atom. The number of nitrogens with zero attached hydrogens (tertiary/aromatic N) is 1. The number of halogens is 1. The number of nitrogens with one attached hydrogen (secondary N) is 1. The van der Waals surface area contributed by atoms with E-state index in [-0.39, 0.29) is 23.9 Å². The molecular formula is C19H25ClN2O3. The van der Waals surface area contributed by atoms with Crippen LogP contribution in [0, 0.1) is 18.8 Å². The molecule has 2 bridgehead atoms. The van der Waals surface area contributed by atoms with Gasteiger partial charge in [0.25, 0.3) is 5.91 Å². The molecule has 4 fully saturated rings. The first kappa shape index (κ1) is 17.1. The van der Waals surface area contributed by atoms with E-state index in [4.69, 9.17) is 4.42 Å². The van der Waals surface area contributed by atoms with Crippen molar-refractivity contribution in [3.8, 4) is 0 Å². The Hall–Kier alpha value is -1.33. The second-order valence-electron chi connectivity index (χ2n) is 8.12. The van der Waals surface area contributed by atoms with E-state index in [1.54, 1.807) is 0 Å². The molecule has 5 rings (SSSR count). The van der Waals surface area contributed by atoms with Gasteiger partial charge in [0.05, 0.1) is 0 Å². The summed E-state index contributed by atoms with van der Waals surface area (Å²) in [6, 6.07) is 3.05. The molecular weight excluding hydrogens is 340 g/mol. The van der Waals surface area contributed by atoms with Gasteiger partial charge in [0.15, 0.2) is 0 Å². The summed E-state index contributed by atoms with van der Waals surface area (Å²) < 4.78 is 5.51. The fourth-order valence-corrected chi connectivity index (χ4v) is 5.29. The lowest BCUT2D eigenvalue weighted by molar-refractivity contribution is 0.0772. The first-order chi connectivity index (χ1) is 11.6. The molecule has 0 radical (unpaired) electrons. The lowest BCUT2D eigenvalue weighted by atomic mass is 9.82. The number of aryl methyl sites for hydroxylation is 1. The normalized spacial score (nSPS) is 33.1. The number of hydrogen-bond donors (Lipinski definition) is 1. The molecule has 3 saturated heterocycles. The SMILES string of the molecule is Cc1cc(C2CCC2)oc(=O)c1C(=O)N1C[C@@H]2[C@H](C1)[C@@H]1CC[C@H]2N1.Cl. The van der Waals surface area contributed by atoms with E-state index < -0.39 is 5.63 Å². The fraction of sp³-hybridized carbons (Fsp3) is 0.684. The molecule has 0 aromatic carbocycles. The Morgan fingerprint density at radius 1 is 1.16 bits per heavy atom. The average Bonchev–Trinajstić information content (AvgIpc) is 3.17. The third kappa shape index (κ3) is 2.55. The summed E-state index contributed by atoms with van der Waals surface area (Å²) in [6.07, 6.45) is 5.82. The first-order valence-corrected chi connectivity index (χ1v) is 9.32. The highest BCUT2D eigenvalue weighted by Crippen LogP contribution is 2.43. The van der Waals surface area contributed by atoms with Crippen molar-refractivity contribution >= 4 is 18.3 Å². The largest absolute Gasteiger partial charge is 0.427 e. The molecule has 0 unspecified atom stereocenters. The predicted octanol–water partition coefficient (Wildman–Crippen LogP) is 2.46. The molecule has 4 atom stereocenters. The Balaban J connectivity index is 0.00000157. The highest BCUT2D eigenvalue weighted by Gasteiger charge is 2.52. The summed E-state index contributed by atoms with van der Waals surface area (Å²) >= 11 is 0. The maximum absolute atomic E-state index is 13.0. The third-order valence-corrected chi connectivity index (χ3v) is 6.84. The van der Waals surface area contributed by atoms with Crippen molar-refractivity contribution in [2.75, 3.05) is 13.1 Å². The van der Waals surface area contributed by atoms with Crippen LogP contribution in [0.3, 0.4) is 0 Å². The van der Waals surface area contributed by atoms with Crippen molar-refractivity contribution in [3.63, 3.8) is 0 Å². The number of hydrogen-bond acceptors (Lipinski definition) is 4. The van der Waals surface area contributed by atoms with Gasteiger partial charge in [-0.3, -0.25) is 4.79 Å². The van der Waals surface area contributed by atoms with Crippen molar-refractivity contribution in [2.24, 2.45) is 11.8 Å². The number of amides is 1. The minimum Gasteiger partial charge on any atom is -0.427 e. The molecule has 1 N–H and O–H groups in total. The van der Waals surface area contributed by atoms with Crippen LogP contribution in [0.1, 0.15) is 59.7 Å². The van der Waals surface area contributed by atoms with E-state index in [1.807, 2.05) is 17.9 Å². The average molecular weight is 365 g/mol. The predicted molar refractivity (Wildman–Crippen MR) is 96.4 cm³/mol. The highest BCUT2D eigenvalue weighted by atomic mass is 35.5. The maximum atomic E-state index is 13.0. The van der Waals surface area contributed by atoms with Gasteiger partial charge in [0, 0.05) is 31.1 Å². The quantitative estimate of drug-likeness (QED) is 0.875. The van der Waals surface area contributed by atoms with Gasteiger partial charge in [0.1, 0.15) is 11.3 Å². The van der Waals surface area contributed by atoms with Gasteiger partial charge in [-0.05, 0) is 56.1 Å². The number of fused-ring (bicyclic) bond motifs is 5. The van der Waals surface area contributed by atoms with Gasteiger partial charge in [-0.2, -0.15) is 0 Å². The van der Waals surface area contributed by atoms with Crippen LogP contribution in [0.5, 0.6) is 0 Å². The first-order valence-electron chi connectivity index (χ1n) is 9.32. The molecule has 1 aromatic heterocycles. The van der Waals surface area contributed by atoms with E-state index in [0.29, 0.717) is 29.8 Å². The van der Waals surface area contributed by atoms with Gasteiger partial charge in [0.2, 0.25) is 0 Å². The topological polar surface area (TPSA) is 62.6 Å². The van der Waals surface area contributed by atoms with Gasteiger partial charge in [-0.15, -0.1) is 12.4 Å². The standard InChI is InChI=1S/C19H24N2O3.ClH/c1-10-7-16(11-3-2-4-11)24-19(23)17(10)18(22)21-8-12-13(9-21)15-6-5-14(12)20-15;/h7,11-15,20H,2-6,8-9H2,1H3;1H/t12-,13+,14-,15+;. The van der Waals surface area contributed by atoms with Crippen LogP contribution in [0.15, 0.2) is 15.3 Å². The summed E-state index contributed by atoms with van der Waals surface area (Å²) in [6.45, 7) is 3.43. The summed E-state index contributed by atoms with van der Waals surface area (Å²) in [4.78, 5) is 27.3. The second kappa shape index (κ2) is 6.13. The van der Waals surface area contributed by atoms with Crippen LogP contribution in [0.25, 0.3) is 0 Å². The van der Waals surface area contributed by atoms with Crippen LogP contribution in [-0.4, -0.2) is 36.0 Å². The maximum Gasteiger partial charge on any atom is 0.349 e. The number of carbonyl (C=O) groups excluding carboxylic acids is 1. The number of carbonyl (C=O) groups is 1. The van der Waals surface area contributed by atoms with Crippen molar-refractivity contribution in [1.29, 1.82) is 0 Å². The molecule has 1 aromatic rings. The Kier molecular flexibility index (Phi) is 4.19. The van der Waals surface area contributed by atoms with E-state index in [0.717, 1.165) is 37.3 Å². The zero-order valence-electron chi connectivity index (χ0n) is 14.5. The highest BCUT2D eigenvalue weighted by molar-refractivity contribution is 5.95. The zero-order chi connectivity index (χ0) is 16.4. The Labute approximate surface area is 153 Å². The Morgan fingerprint density at radius 2 is 1.80 bits per heavy atom. The van der Waals surface area contributed by atoms with Gasteiger partial charge >= 0.3 is 5.63 Å². The van der Waals surface area contributed by atoms with Crippen molar-refractivity contribution in [3.05, 3.63) is 33.4 Å². The van der Waals surface area contributed by atoms with Crippen LogP contribution < -0.4 is 10.9 Å². The molecule has 1 amide bonds. The molecule has 1 saturated carbocycles. The molecule has 5 nitrogen and oxygen atoms in total. The summed E-state index contributed by atoms with van der Waals surface area (Å²) in [5.41, 5.74) is 0.578. The summed E-state index contributed by atoms with van der Waals surface area (Å²) in [7, 11) is 0. The molecule has 0 spiro atoms. The van der Waals surface area contributed by atoms with Gasteiger partial charge < -0.3 is 14.6 Å². The molecule has 136 valence electrons. The molecule has 1 aliphatic carbocycles. The van der Waals surface area contributed by atoms with Crippen molar-refractivity contribution in [2.45, 2.75) is 57.0 Å². The lowest BCUT2D eigenvalue weighted by Crippen LogP contribution is -2.37. The van der Waals surface area contributed by atoms with Crippen molar-refractivity contribution < 1.29 is 9.21 Å². The zero-order valence-corrected chi connectivity index (χ0v) is 15.3. The van der Waals surface area contributed by atoms with E-state index in [9.17, 15) is 9.59 Å². The smallest absolute Gasteiger partial charge is 0.349 e. The van der Waals surface area contributed by atoms with E-state index in [1.165, 1.54) is 19.3 Å². The van der Waals surface area contributed by atoms with E-state index in [2.05, 4.69) is 5.32 Å². The van der Waals surface area contributed by atoms with Crippen LogP contribution in [0.4, 0.5) is 0 Å². The minimum absolute atomic E-state index is 0. The molecule has 4 heterocycles. The lowest BCUT2D eigenvalue weighted by Gasteiger charge is -2.25. The molecule has 4 aliphatic rings. The monoisotopic (exact) mass is 364 g/mol. The molecule has 6 heteroatoms. The Bertz CT molecular complexity index is 740. The van der Waals surface area contributed by atoms with E-state index >= 15 is 0 Å². The molecule has 25 heavy (non-hydrogen) atoms. The summed E-state index contributed by atoms with van der Waals surface area (Å²) in [5.74, 6) is 2.13.